The van der Waals surface area contributed by atoms with Gasteiger partial charge >= 0.3 is 0 Å². The third kappa shape index (κ3) is 8.98. The van der Waals surface area contributed by atoms with Crippen molar-refractivity contribution in [2.24, 2.45) is 4.99 Å². The summed E-state index contributed by atoms with van der Waals surface area (Å²) in [7, 11) is 1.78. The number of sulfonamides is 1. The van der Waals surface area contributed by atoms with Crippen LogP contribution in [0.1, 0.15) is 18.9 Å². The highest BCUT2D eigenvalue weighted by atomic mass is 127. The van der Waals surface area contributed by atoms with E-state index in [0.29, 0.717) is 38.6 Å². The maximum atomic E-state index is 11.6. The number of nitrogens with zero attached hydrogens (tertiary/aromatic N) is 2. The van der Waals surface area contributed by atoms with Crippen LogP contribution in [0.2, 0.25) is 0 Å². The van der Waals surface area contributed by atoms with E-state index in [1.165, 1.54) is 10.6 Å². The Morgan fingerprint density at radius 2 is 1.93 bits per heavy atom. The van der Waals surface area contributed by atoms with Crippen molar-refractivity contribution in [2.45, 2.75) is 19.9 Å². The first kappa shape index (κ1) is 25.7. The molecule has 1 aromatic rings. The van der Waals surface area contributed by atoms with Gasteiger partial charge in [-0.05, 0) is 18.6 Å². The van der Waals surface area contributed by atoms with Gasteiger partial charge in [0.25, 0.3) is 0 Å². The monoisotopic (exact) mass is 514 g/mol. The lowest BCUT2D eigenvalue weighted by Crippen LogP contribution is -2.39. The highest BCUT2D eigenvalue weighted by Gasteiger charge is 2.13. The number of ether oxygens (including phenoxy) is 2. The predicted octanol–water partition coefficient (Wildman–Crippen LogP) is 1.66. The number of methoxy groups -OCH3 is 2. The zero-order valence-electron chi connectivity index (χ0n) is 16.6. The normalized spacial score (nSPS) is 11.7. The van der Waals surface area contributed by atoms with Gasteiger partial charge in [0, 0.05) is 44.9 Å². The summed E-state index contributed by atoms with van der Waals surface area (Å²) in [4.78, 5) is 4.17. The molecule has 0 unspecified atom stereocenters. The maximum absolute atomic E-state index is 11.6. The summed E-state index contributed by atoms with van der Waals surface area (Å²) < 4.78 is 35.1. The largest absolute Gasteiger partial charge is 0.497 e. The van der Waals surface area contributed by atoms with Gasteiger partial charge in [0.05, 0.1) is 20.5 Å². The first-order valence-electron chi connectivity index (χ1n) is 8.46. The van der Waals surface area contributed by atoms with Crippen LogP contribution in [0.5, 0.6) is 11.5 Å². The summed E-state index contributed by atoms with van der Waals surface area (Å²) in [6.45, 7) is 3.94. The lowest BCUT2D eigenvalue weighted by molar-refractivity contribution is 0.390. The summed E-state index contributed by atoms with van der Waals surface area (Å²) in [5.41, 5.74) is 0.977. The van der Waals surface area contributed by atoms with Crippen LogP contribution in [-0.2, 0) is 16.6 Å². The van der Waals surface area contributed by atoms with Gasteiger partial charge in [-0.25, -0.2) is 12.7 Å². The number of hydrogen-bond acceptors (Lipinski definition) is 5. The van der Waals surface area contributed by atoms with E-state index in [1.807, 2.05) is 25.1 Å². The van der Waals surface area contributed by atoms with Crippen molar-refractivity contribution in [1.82, 2.24) is 14.9 Å². The van der Waals surface area contributed by atoms with Crippen LogP contribution in [0.25, 0.3) is 0 Å². The Morgan fingerprint density at radius 3 is 2.44 bits per heavy atom. The fourth-order valence-electron chi connectivity index (χ4n) is 2.42. The molecule has 0 heterocycles. The fourth-order valence-corrected chi connectivity index (χ4v) is 3.35. The number of nitrogens with one attached hydrogen (secondary N) is 2. The van der Waals surface area contributed by atoms with E-state index in [-0.39, 0.29) is 24.0 Å². The molecule has 0 atom stereocenters. The molecule has 2 N–H and O–H groups in total. The van der Waals surface area contributed by atoms with Gasteiger partial charge in [0.2, 0.25) is 10.0 Å². The van der Waals surface area contributed by atoms with Crippen molar-refractivity contribution in [3.8, 4) is 11.5 Å². The van der Waals surface area contributed by atoms with E-state index in [9.17, 15) is 8.42 Å². The molecule has 0 aliphatic rings. The Labute approximate surface area is 179 Å². The summed E-state index contributed by atoms with van der Waals surface area (Å²) in [5, 5.41) is 6.40. The summed E-state index contributed by atoms with van der Waals surface area (Å²) in [6.07, 6.45) is 1.92. The lowest BCUT2D eigenvalue weighted by Gasteiger charge is -2.18. The minimum absolute atomic E-state index is 0. The molecule has 10 heteroatoms. The van der Waals surface area contributed by atoms with Crippen molar-refractivity contribution < 1.29 is 17.9 Å². The number of halogens is 1. The van der Waals surface area contributed by atoms with Crippen molar-refractivity contribution in [3.63, 3.8) is 0 Å². The Morgan fingerprint density at radius 1 is 1.22 bits per heavy atom. The van der Waals surface area contributed by atoms with E-state index in [1.54, 1.807) is 21.3 Å². The smallest absolute Gasteiger partial charge is 0.211 e. The predicted molar refractivity (Wildman–Crippen MR) is 120 cm³/mol. The van der Waals surface area contributed by atoms with Crippen LogP contribution >= 0.6 is 24.0 Å². The molecule has 0 spiro atoms. The van der Waals surface area contributed by atoms with Gasteiger partial charge < -0.3 is 20.1 Å². The third-order valence-electron chi connectivity index (χ3n) is 3.86. The maximum Gasteiger partial charge on any atom is 0.211 e. The molecule has 0 radical (unpaired) electrons. The second-order valence-corrected chi connectivity index (χ2v) is 7.62. The number of hydrogen-bond donors (Lipinski definition) is 2. The van der Waals surface area contributed by atoms with Gasteiger partial charge in [-0.2, -0.15) is 0 Å². The molecule has 27 heavy (non-hydrogen) atoms. The lowest BCUT2D eigenvalue weighted by atomic mass is 10.2. The molecule has 0 aliphatic carbocycles. The number of aliphatic imine (C=N–C) groups is 1. The molecule has 0 saturated heterocycles. The summed E-state index contributed by atoms with van der Waals surface area (Å²) in [6, 6.07) is 5.64. The molecule has 1 aromatic carbocycles. The number of rotatable bonds is 10. The molecule has 0 aliphatic heterocycles. The van der Waals surface area contributed by atoms with E-state index in [4.69, 9.17) is 9.47 Å². The molecule has 0 fully saturated rings. The van der Waals surface area contributed by atoms with Gasteiger partial charge in [0.1, 0.15) is 11.5 Å². The minimum atomic E-state index is -3.15. The zero-order chi connectivity index (χ0) is 19.6. The molecule has 8 nitrogen and oxygen atoms in total. The molecule has 0 saturated carbocycles. The molecule has 156 valence electrons. The fraction of sp³-hybridized carbons (Fsp3) is 0.588. The van der Waals surface area contributed by atoms with Gasteiger partial charge in [-0.15, -0.1) is 24.0 Å². The molecular weight excluding hydrogens is 483 g/mol. The standard InChI is InChI=1S/C17H30N4O4S.HI/c1-6-21(26(5,22)23)11-7-10-19-17(18-2)20-13-14-8-9-15(24-3)12-16(14)25-4;/h8-9,12H,6-7,10-11,13H2,1-5H3,(H2,18,19,20);1H. The summed E-state index contributed by atoms with van der Waals surface area (Å²) in [5.74, 6) is 2.11. The summed E-state index contributed by atoms with van der Waals surface area (Å²) >= 11 is 0. The number of guanidine groups is 1. The highest BCUT2D eigenvalue weighted by molar-refractivity contribution is 14.0. The minimum Gasteiger partial charge on any atom is -0.497 e. The second-order valence-electron chi connectivity index (χ2n) is 5.64. The Bertz CT molecular complexity index is 698. The van der Waals surface area contributed by atoms with Crippen molar-refractivity contribution in [3.05, 3.63) is 23.8 Å². The van der Waals surface area contributed by atoms with E-state index in [2.05, 4.69) is 15.6 Å². The first-order valence-corrected chi connectivity index (χ1v) is 10.3. The Hall–Kier alpha value is -1.27. The topological polar surface area (TPSA) is 92.3 Å². The average molecular weight is 514 g/mol. The van der Waals surface area contributed by atoms with Gasteiger partial charge in [-0.3, -0.25) is 4.99 Å². The molecule has 0 aromatic heterocycles. The molecule has 1 rings (SSSR count). The quantitative estimate of drug-likeness (QED) is 0.214. The second kappa shape index (κ2) is 13.0. The molecule has 0 amide bonds. The third-order valence-corrected chi connectivity index (χ3v) is 5.24. The highest BCUT2D eigenvalue weighted by Crippen LogP contribution is 2.24. The van der Waals surface area contributed by atoms with E-state index >= 15 is 0 Å². The molecular formula is C17H31IN4O4S. The SMILES string of the molecule is CCN(CCCNC(=NC)NCc1ccc(OC)cc1OC)S(C)(=O)=O.I. The van der Waals surface area contributed by atoms with Crippen molar-refractivity contribution in [1.29, 1.82) is 0 Å². The van der Waals surface area contributed by atoms with Crippen molar-refractivity contribution in [2.75, 3.05) is 47.2 Å². The van der Waals surface area contributed by atoms with E-state index < -0.39 is 10.0 Å². The number of benzene rings is 1. The van der Waals surface area contributed by atoms with Gasteiger partial charge in [-0.1, -0.05) is 6.92 Å². The van der Waals surface area contributed by atoms with Crippen LogP contribution in [-0.4, -0.2) is 65.8 Å². The molecule has 0 bridgehead atoms. The van der Waals surface area contributed by atoms with Crippen LogP contribution in [0, 0.1) is 0 Å². The van der Waals surface area contributed by atoms with Crippen molar-refractivity contribution >= 4 is 40.0 Å². The van der Waals surface area contributed by atoms with Crippen LogP contribution < -0.4 is 20.1 Å². The average Bonchev–Trinajstić information content (AvgIpc) is 2.62. The Balaban J connectivity index is 0.00000676. The first-order chi connectivity index (χ1) is 12.3. The Kier molecular flexibility index (Phi) is 12.4. The van der Waals surface area contributed by atoms with Crippen LogP contribution in [0.4, 0.5) is 0 Å². The van der Waals surface area contributed by atoms with Crippen LogP contribution in [0.15, 0.2) is 23.2 Å². The van der Waals surface area contributed by atoms with E-state index in [0.717, 1.165) is 17.1 Å². The van der Waals surface area contributed by atoms with Gasteiger partial charge in [0.15, 0.2) is 5.96 Å². The zero-order valence-corrected chi connectivity index (χ0v) is 19.8. The van der Waals surface area contributed by atoms with Crippen LogP contribution in [0.3, 0.4) is 0 Å².